The number of thiazole rings is 1. The second kappa shape index (κ2) is 9.46. The quantitative estimate of drug-likeness (QED) is 0.763. The van der Waals surface area contributed by atoms with Gasteiger partial charge in [-0.15, -0.1) is 11.3 Å². The molecule has 3 unspecified atom stereocenters. The van der Waals surface area contributed by atoms with Crippen LogP contribution < -0.4 is 10.6 Å². The number of hydrogen-bond donors (Lipinski definition) is 2. The van der Waals surface area contributed by atoms with E-state index in [2.05, 4.69) is 41.3 Å². The van der Waals surface area contributed by atoms with E-state index in [1.54, 1.807) is 0 Å². The Labute approximate surface area is 160 Å². The summed E-state index contributed by atoms with van der Waals surface area (Å²) in [4.78, 5) is 30.8. The first kappa shape index (κ1) is 20.8. The summed E-state index contributed by atoms with van der Waals surface area (Å²) in [6.45, 7) is 13.4. The highest BCUT2D eigenvalue weighted by Gasteiger charge is 2.23. The minimum absolute atomic E-state index is 0.0253. The minimum atomic E-state index is -0.0910. The van der Waals surface area contributed by atoms with Crippen LogP contribution in [0.15, 0.2) is 5.38 Å². The number of nitrogens with zero attached hydrogens (tertiary/aromatic N) is 2. The van der Waals surface area contributed by atoms with E-state index >= 15 is 0 Å². The second-order valence-corrected chi connectivity index (χ2v) is 8.96. The van der Waals surface area contributed by atoms with Crippen LogP contribution in [0.25, 0.3) is 0 Å². The van der Waals surface area contributed by atoms with E-state index in [4.69, 9.17) is 0 Å². The second-order valence-electron chi connectivity index (χ2n) is 8.10. The molecule has 6 nitrogen and oxygen atoms in total. The summed E-state index contributed by atoms with van der Waals surface area (Å²) in [5, 5.41) is 8.22. The van der Waals surface area contributed by atoms with Crippen molar-refractivity contribution in [2.75, 3.05) is 25.0 Å². The normalized spacial score (nSPS) is 22.2. The predicted molar refractivity (Wildman–Crippen MR) is 106 cm³/mol. The van der Waals surface area contributed by atoms with Crippen molar-refractivity contribution >= 4 is 28.3 Å². The van der Waals surface area contributed by atoms with E-state index in [-0.39, 0.29) is 30.2 Å². The molecule has 1 aromatic heterocycles. The van der Waals surface area contributed by atoms with Crippen molar-refractivity contribution < 1.29 is 9.59 Å². The Morgan fingerprint density at radius 1 is 1.27 bits per heavy atom. The van der Waals surface area contributed by atoms with E-state index in [0.29, 0.717) is 10.8 Å². The van der Waals surface area contributed by atoms with E-state index in [1.165, 1.54) is 17.8 Å². The molecular formula is C19H32N4O2S. The monoisotopic (exact) mass is 380 g/mol. The van der Waals surface area contributed by atoms with Crippen molar-refractivity contribution in [2.24, 2.45) is 17.8 Å². The number of amides is 2. The number of piperidine rings is 1. The first-order valence-corrected chi connectivity index (χ1v) is 10.4. The molecule has 1 fully saturated rings. The summed E-state index contributed by atoms with van der Waals surface area (Å²) in [5.74, 6) is 1.26. The fourth-order valence-corrected chi connectivity index (χ4v) is 4.27. The van der Waals surface area contributed by atoms with Crippen LogP contribution >= 0.6 is 11.3 Å². The molecule has 2 heterocycles. The molecule has 1 aliphatic heterocycles. The zero-order valence-electron chi connectivity index (χ0n) is 16.5. The summed E-state index contributed by atoms with van der Waals surface area (Å²) >= 11 is 1.35. The van der Waals surface area contributed by atoms with E-state index in [9.17, 15) is 9.59 Å². The van der Waals surface area contributed by atoms with Crippen LogP contribution in [-0.4, -0.2) is 47.4 Å². The lowest BCUT2D eigenvalue weighted by molar-refractivity contribution is -0.121. The Kier molecular flexibility index (Phi) is 7.58. The third-order valence-electron chi connectivity index (χ3n) is 4.53. The Balaban J connectivity index is 1.77. The Bertz CT molecular complexity index is 606. The average molecular weight is 381 g/mol. The van der Waals surface area contributed by atoms with Gasteiger partial charge in [-0.25, -0.2) is 4.98 Å². The molecule has 0 bridgehead atoms. The molecule has 1 aromatic rings. The number of aromatic nitrogens is 1. The van der Waals surface area contributed by atoms with Gasteiger partial charge in [-0.1, -0.05) is 27.7 Å². The minimum Gasteiger partial charge on any atom is -0.352 e. The molecule has 26 heavy (non-hydrogen) atoms. The topological polar surface area (TPSA) is 74.3 Å². The smallest absolute Gasteiger partial charge is 0.228 e. The third-order valence-corrected chi connectivity index (χ3v) is 5.34. The summed E-state index contributed by atoms with van der Waals surface area (Å²) in [6.07, 6.45) is 1.53. The molecule has 0 radical (unpaired) electrons. The van der Waals surface area contributed by atoms with Crippen molar-refractivity contribution in [1.29, 1.82) is 0 Å². The molecule has 0 saturated carbocycles. The summed E-state index contributed by atoms with van der Waals surface area (Å²) in [7, 11) is 0. The van der Waals surface area contributed by atoms with Crippen LogP contribution in [0, 0.1) is 17.8 Å². The number of hydrogen-bond acceptors (Lipinski definition) is 5. The number of carbonyl (C=O) groups excluding carboxylic acids is 2. The lowest BCUT2D eigenvalue weighted by atomic mass is 9.92. The van der Waals surface area contributed by atoms with E-state index < -0.39 is 0 Å². The van der Waals surface area contributed by atoms with Gasteiger partial charge < -0.3 is 15.5 Å². The van der Waals surface area contributed by atoms with Gasteiger partial charge in [-0.2, -0.15) is 0 Å². The molecule has 0 aliphatic carbocycles. The number of nitrogens with one attached hydrogen (secondary N) is 2. The summed E-state index contributed by atoms with van der Waals surface area (Å²) < 4.78 is 0. The zero-order valence-corrected chi connectivity index (χ0v) is 17.4. The highest BCUT2D eigenvalue weighted by Crippen LogP contribution is 2.21. The lowest BCUT2D eigenvalue weighted by Gasteiger charge is -2.36. The largest absolute Gasteiger partial charge is 0.352 e. The van der Waals surface area contributed by atoms with Gasteiger partial charge in [-0.3, -0.25) is 9.59 Å². The van der Waals surface area contributed by atoms with E-state index in [0.717, 1.165) is 31.5 Å². The van der Waals surface area contributed by atoms with Gasteiger partial charge in [0, 0.05) is 37.0 Å². The van der Waals surface area contributed by atoms with E-state index in [1.807, 2.05) is 19.2 Å². The van der Waals surface area contributed by atoms with Gasteiger partial charge in [0.2, 0.25) is 11.8 Å². The fourth-order valence-electron chi connectivity index (χ4n) is 3.56. The SMILES string of the molecule is CC1CC(C)CN(CC(C)NC(=O)Cc2csc(NC(=O)C(C)C)n2)C1. The van der Waals surface area contributed by atoms with Gasteiger partial charge in [0.15, 0.2) is 5.13 Å². The maximum absolute atomic E-state index is 12.3. The number of likely N-dealkylation sites (tertiary alicyclic amines) is 1. The van der Waals surface area contributed by atoms with Gasteiger partial charge in [0.1, 0.15) is 0 Å². The van der Waals surface area contributed by atoms with Gasteiger partial charge >= 0.3 is 0 Å². The van der Waals surface area contributed by atoms with Gasteiger partial charge in [0.25, 0.3) is 0 Å². The maximum Gasteiger partial charge on any atom is 0.228 e. The molecule has 0 aromatic carbocycles. The van der Waals surface area contributed by atoms with Crippen LogP contribution in [0.4, 0.5) is 5.13 Å². The first-order valence-electron chi connectivity index (χ1n) is 9.50. The highest BCUT2D eigenvalue weighted by atomic mass is 32.1. The van der Waals surface area contributed by atoms with Crippen molar-refractivity contribution in [3.05, 3.63) is 11.1 Å². The summed E-state index contributed by atoms with van der Waals surface area (Å²) in [5.41, 5.74) is 0.693. The Morgan fingerprint density at radius 3 is 2.54 bits per heavy atom. The van der Waals surface area contributed by atoms with Crippen LogP contribution in [0.3, 0.4) is 0 Å². The van der Waals surface area contributed by atoms with Crippen molar-refractivity contribution in [3.63, 3.8) is 0 Å². The number of carbonyl (C=O) groups is 2. The van der Waals surface area contributed by atoms with Crippen LogP contribution in [0.1, 0.15) is 46.7 Å². The first-order chi connectivity index (χ1) is 12.2. The molecular weight excluding hydrogens is 348 g/mol. The molecule has 2 N–H and O–H groups in total. The van der Waals surface area contributed by atoms with Crippen LogP contribution in [0.2, 0.25) is 0 Å². The molecule has 2 rings (SSSR count). The molecule has 146 valence electrons. The zero-order chi connectivity index (χ0) is 19.3. The molecule has 2 amide bonds. The average Bonchev–Trinajstić information content (AvgIpc) is 2.92. The molecule has 3 atom stereocenters. The Hall–Kier alpha value is -1.47. The van der Waals surface area contributed by atoms with Crippen molar-refractivity contribution in [1.82, 2.24) is 15.2 Å². The van der Waals surface area contributed by atoms with Crippen molar-refractivity contribution in [2.45, 2.75) is 53.5 Å². The van der Waals surface area contributed by atoms with Crippen molar-refractivity contribution in [3.8, 4) is 0 Å². The third kappa shape index (κ3) is 6.68. The standard InChI is InChI=1S/C19H32N4O2S/c1-12(2)18(25)22-19-21-16(11-26-19)7-17(24)20-15(5)10-23-8-13(3)6-14(4)9-23/h11-15H,6-10H2,1-5H3,(H,20,24)(H,21,22,25). The Morgan fingerprint density at radius 2 is 1.92 bits per heavy atom. The number of anilines is 1. The fraction of sp³-hybridized carbons (Fsp3) is 0.737. The maximum atomic E-state index is 12.3. The highest BCUT2D eigenvalue weighted by molar-refractivity contribution is 7.13. The van der Waals surface area contributed by atoms with Crippen LogP contribution in [-0.2, 0) is 16.0 Å². The number of rotatable bonds is 7. The summed E-state index contributed by atoms with van der Waals surface area (Å²) in [6, 6.07) is 0.110. The van der Waals surface area contributed by atoms with Gasteiger partial charge in [-0.05, 0) is 25.2 Å². The molecule has 1 aliphatic rings. The molecule has 1 saturated heterocycles. The predicted octanol–water partition coefficient (Wildman–Crippen LogP) is 2.76. The molecule has 0 spiro atoms. The van der Waals surface area contributed by atoms with Gasteiger partial charge in [0.05, 0.1) is 12.1 Å². The lowest BCUT2D eigenvalue weighted by Crippen LogP contribution is -2.47. The molecule has 7 heteroatoms. The van der Waals surface area contributed by atoms with Crippen LogP contribution in [0.5, 0.6) is 0 Å².